The second kappa shape index (κ2) is 9.03. The van der Waals surface area contributed by atoms with Crippen LogP contribution in [0.3, 0.4) is 0 Å². The molecule has 1 saturated carbocycles. The third-order valence-electron chi connectivity index (χ3n) is 4.07. The van der Waals surface area contributed by atoms with E-state index in [1.807, 2.05) is 24.1 Å². The summed E-state index contributed by atoms with van der Waals surface area (Å²) in [6.45, 7) is 1.56. The number of sulfonamides is 1. The minimum absolute atomic E-state index is 0.0391. The van der Waals surface area contributed by atoms with E-state index >= 15 is 0 Å². The molecule has 1 aromatic heterocycles. The fourth-order valence-electron chi connectivity index (χ4n) is 2.44. The predicted octanol–water partition coefficient (Wildman–Crippen LogP) is 2.13. The summed E-state index contributed by atoms with van der Waals surface area (Å²) in [4.78, 5) is 7.26. The van der Waals surface area contributed by atoms with Crippen molar-refractivity contribution in [3.63, 3.8) is 0 Å². The van der Waals surface area contributed by atoms with Gasteiger partial charge in [-0.25, -0.2) is 13.1 Å². The maximum absolute atomic E-state index is 12.0. The summed E-state index contributed by atoms with van der Waals surface area (Å²) < 4.78 is 27.4. The lowest BCUT2D eigenvalue weighted by Gasteiger charge is -2.25. The van der Waals surface area contributed by atoms with Crippen LogP contribution in [0.5, 0.6) is 0 Å². The van der Waals surface area contributed by atoms with E-state index in [1.165, 1.54) is 17.8 Å². The van der Waals surface area contributed by atoms with Crippen LogP contribution >= 0.6 is 22.9 Å². The average molecular weight is 393 g/mol. The van der Waals surface area contributed by atoms with Gasteiger partial charge in [-0.2, -0.15) is 0 Å². The molecule has 1 aliphatic carbocycles. The Hall–Kier alpha value is -0.830. The first kappa shape index (κ1) is 19.5. The van der Waals surface area contributed by atoms with Crippen LogP contribution in [0.25, 0.3) is 0 Å². The molecule has 24 heavy (non-hydrogen) atoms. The van der Waals surface area contributed by atoms with Crippen molar-refractivity contribution in [3.05, 3.63) is 21.3 Å². The van der Waals surface area contributed by atoms with E-state index in [-0.39, 0.29) is 5.75 Å². The lowest BCUT2D eigenvalue weighted by Crippen LogP contribution is -2.42. The first-order valence-corrected chi connectivity index (χ1v) is 10.9. The number of hydrogen-bond acceptors (Lipinski definition) is 4. The van der Waals surface area contributed by atoms with Crippen molar-refractivity contribution in [1.29, 1.82) is 0 Å². The molecule has 2 rings (SSSR count). The molecular formula is C15H25ClN4O2S2. The third-order valence-corrected chi connectivity index (χ3v) is 6.63. The molecular weight excluding hydrogens is 368 g/mol. The molecule has 136 valence electrons. The van der Waals surface area contributed by atoms with Crippen molar-refractivity contribution in [3.8, 4) is 0 Å². The van der Waals surface area contributed by atoms with Gasteiger partial charge in [-0.05, 0) is 30.9 Å². The molecule has 0 aliphatic heterocycles. The standard InChI is InChI=1S/C15H25ClN4O2S2/c1-17-15(20(2)11-13-6-7-14(16)23-13)18-8-9-24(21,22)19-10-12-4-3-5-12/h6-7,12,19H,3-5,8-11H2,1-2H3,(H,17,18). The molecule has 9 heteroatoms. The Kier molecular flexibility index (Phi) is 7.34. The number of guanidine groups is 1. The van der Waals surface area contributed by atoms with Gasteiger partial charge < -0.3 is 10.2 Å². The normalized spacial score (nSPS) is 16.0. The highest BCUT2D eigenvalue weighted by atomic mass is 35.5. The zero-order chi connectivity index (χ0) is 17.6. The summed E-state index contributed by atoms with van der Waals surface area (Å²) in [5.74, 6) is 1.22. The van der Waals surface area contributed by atoms with Gasteiger partial charge in [0.2, 0.25) is 10.0 Å². The number of rotatable bonds is 8. The summed E-state index contributed by atoms with van der Waals surface area (Å²) in [5.41, 5.74) is 0. The fourth-order valence-corrected chi connectivity index (χ4v) is 4.59. The zero-order valence-electron chi connectivity index (χ0n) is 14.1. The number of nitrogens with zero attached hydrogens (tertiary/aromatic N) is 2. The van der Waals surface area contributed by atoms with Crippen molar-refractivity contribution in [2.75, 3.05) is 32.9 Å². The maximum Gasteiger partial charge on any atom is 0.213 e. The molecule has 0 atom stereocenters. The molecule has 0 spiro atoms. The second-order valence-electron chi connectivity index (χ2n) is 6.00. The molecule has 0 bridgehead atoms. The van der Waals surface area contributed by atoms with Gasteiger partial charge in [0.1, 0.15) is 0 Å². The molecule has 1 aromatic rings. The van der Waals surface area contributed by atoms with Crippen LogP contribution < -0.4 is 10.0 Å². The Morgan fingerprint density at radius 3 is 2.75 bits per heavy atom. The summed E-state index contributed by atoms with van der Waals surface area (Å²) in [6, 6.07) is 3.84. The zero-order valence-corrected chi connectivity index (χ0v) is 16.5. The lowest BCUT2D eigenvalue weighted by atomic mass is 9.86. The monoisotopic (exact) mass is 392 g/mol. The molecule has 6 nitrogen and oxygen atoms in total. The molecule has 0 aromatic carbocycles. The Labute approximate surface area is 153 Å². The van der Waals surface area contributed by atoms with E-state index in [0.29, 0.717) is 31.5 Å². The third kappa shape index (κ3) is 6.23. The van der Waals surface area contributed by atoms with Crippen LogP contribution in [-0.4, -0.2) is 52.2 Å². The van der Waals surface area contributed by atoms with Gasteiger partial charge in [-0.1, -0.05) is 18.0 Å². The van der Waals surface area contributed by atoms with E-state index in [0.717, 1.165) is 22.1 Å². The van der Waals surface area contributed by atoms with Crippen LogP contribution in [0.15, 0.2) is 17.1 Å². The van der Waals surface area contributed by atoms with Gasteiger partial charge >= 0.3 is 0 Å². The Morgan fingerprint density at radius 1 is 1.46 bits per heavy atom. The highest BCUT2D eigenvalue weighted by Crippen LogP contribution is 2.25. The molecule has 0 radical (unpaired) electrons. The van der Waals surface area contributed by atoms with Gasteiger partial charge in [0.15, 0.2) is 5.96 Å². The van der Waals surface area contributed by atoms with Gasteiger partial charge in [0.25, 0.3) is 0 Å². The maximum atomic E-state index is 12.0. The largest absolute Gasteiger partial charge is 0.355 e. The molecule has 1 aliphatic rings. The molecule has 1 heterocycles. The van der Waals surface area contributed by atoms with Crippen molar-refractivity contribution in [2.45, 2.75) is 25.8 Å². The molecule has 2 N–H and O–H groups in total. The van der Waals surface area contributed by atoms with Crippen LogP contribution in [0.2, 0.25) is 4.34 Å². The van der Waals surface area contributed by atoms with Gasteiger partial charge in [-0.3, -0.25) is 4.99 Å². The first-order chi connectivity index (χ1) is 11.4. The van der Waals surface area contributed by atoms with Crippen LogP contribution in [0, 0.1) is 5.92 Å². The lowest BCUT2D eigenvalue weighted by molar-refractivity contribution is 0.316. The Morgan fingerprint density at radius 2 is 2.21 bits per heavy atom. The number of aliphatic imine (C=N–C) groups is 1. The van der Waals surface area contributed by atoms with Gasteiger partial charge in [0.05, 0.1) is 16.6 Å². The average Bonchev–Trinajstić information content (AvgIpc) is 2.86. The van der Waals surface area contributed by atoms with E-state index in [2.05, 4.69) is 15.0 Å². The van der Waals surface area contributed by atoms with E-state index in [4.69, 9.17) is 11.6 Å². The van der Waals surface area contributed by atoms with Crippen molar-refractivity contribution in [2.24, 2.45) is 10.9 Å². The SMILES string of the molecule is CN=C(NCCS(=O)(=O)NCC1CCC1)N(C)Cc1ccc(Cl)s1. The van der Waals surface area contributed by atoms with Crippen molar-refractivity contribution in [1.82, 2.24) is 14.9 Å². The summed E-state index contributed by atoms with van der Waals surface area (Å²) in [6.07, 6.45) is 3.47. The summed E-state index contributed by atoms with van der Waals surface area (Å²) in [7, 11) is 0.354. The van der Waals surface area contributed by atoms with Crippen LogP contribution in [-0.2, 0) is 16.6 Å². The molecule has 0 saturated heterocycles. The smallest absolute Gasteiger partial charge is 0.213 e. The minimum atomic E-state index is -3.24. The Balaban J connectivity index is 1.73. The van der Waals surface area contributed by atoms with Crippen molar-refractivity contribution < 1.29 is 8.42 Å². The first-order valence-electron chi connectivity index (χ1n) is 8.03. The van der Waals surface area contributed by atoms with Gasteiger partial charge in [0, 0.05) is 32.1 Å². The predicted molar refractivity (Wildman–Crippen MR) is 101 cm³/mol. The number of halogens is 1. The highest BCUT2D eigenvalue weighted by molar-refractivity contribution is 7.89. The fraction of sp³-hybridized carbons (Fsp3) is 0.667. The number of hydrogen-bond donors (Lipinski definition) is 2. The topological polar surface area (TPSA) is 73.8 Å². The summed E-state index contributed by atoms with van der Waals surface area (Å²) >= 11 is 7.46. The summed E-state index contributed by atoms with van der Waals surface area (Å²) in [5, 5.41) is 3.10. The van der Waals surface area contributed by atoms with Crippen molar-refractivity contribution >= 4 is 38.9 Å². The van der Waals surface area contributed by atoms with E-state index in [1.54, 1.807) is 7.05 Å². The highest BCUT2D eigenvalue weighted by Gasteiger charge is 2.20. The Bertz CT molecular complexity index is 656. The minimum Gasteiger partial charge on any atom is -0.355 e. The van der Waals surface area contributed by atoms with Crippen LogP contribution in [0.4, 0.5) is 0 Å². The number of nitrogens with one attached hydrogen (secondary N) is 2. The number of thiophene rings is 1. The molecule has 0 amide bonds. The quantitative estimate of drug-likeness (QED) is 0.525. The van der Waals surface area contributed by atoms with E-state index < -0.39 is 10.0 Å². The van der Waals surface area contributed by atoms with Crippen LogP contribution in [0.1, 0.15) is 24.1 Å². The van der Waals surface area contributed by atoms with Gasteiger partial charge in [-0.15, -0.1) is 11.3 Å². The van der Waals surface area contributed by atoms with E-state index in [9.17, 15) is 8.42 Å². The molecule has 1 fully saturated rings. The molecule has 0 unspecified atom stereocenters. The second-order valence-corrected chi connectivity index (χ2v) is 9.73.